The SMILES string of the molecule is CCCNC(c1cccc(C)c1)c1c(Br)cnn1C. The summed E-state index contributed by atoms with van der Waals surface area (Å²) in [5, 5.41) is 7.93. The Balaban J connectivity index is 2.41. The van der Waals surface area contributed by atoms with Crippen molar-refractivity contribution in [1.82, 2.24) is 15.1 Å². The summed E-state index contributed by atoms with van der Waals surface area (Å²) in [6, 6.07) is 8.79. The summed E-state index contributed by atoms with van der Waals surface area (Å²) in [5.74, 6) is 0. The highest BCUT2D eigenvalue weighted by Gasteiger charge is 2.20. The van der Waals surface area contributed by atoms with E-state index in [9.17, 15) is 0 Å². The van der Waals surface area contributed by atoms with Gasteiger partial charge in [-0.05, 0) is 41.4 Å². The average molecular weight is 322 g/mol. The zero-order valence-corrected chi connectivity index (χ0v) is 13.2. The standard InChI is InChI=1S/C15H20BrN3/c1-4-8-17-14(12-7-5-6-11(2)9-12)15-13(16)10-18-19(15)3/h5-7,9-10,14,17H,4,8H2,1-3H3. The van der Waals surface area contributed by atoms with Gasteiger partial charge in [-0.1, -0.05) is 36.8 Å². The molecular formula is C15H20BrN3. The summed E-state index contributed by atoms with van der Waals surface area (Å²) in [6.07, 6.45) is 2.96. The molecule has 0 aliphatic heterocycles. The zero-order chi connectivity index (χ0) is 13.8. The quantitative estimate of drug-likeness (QED) is 0.912. The maximum atomic E-state index is 4.32. The number of aromatic nitrogens is 2. The minimum atomic E-state index is 0.168. The van der Waals surface area contributed by atoms with Gasteiger partial charge in [0.1, 0.15) is 0 Å². The van der Waals surface area contributed by atoms with Crippen LogP contribution in [0.5, 0.6) is 0 Å². The van der Waals surface area contributed by atoms with Crippen molar-refractivity contribution in [1.29, 1.82) is 0 Å². The number of benzene rings is 1. The van der Waals surface area contributed by atoms with Crippen LogP contribution >= 0.6 is 15.9 Å². The molecule has 2 aromatic rings. The molecule has 3 nitrogen and oxygen atoms in total. The van der Waals surface area contributed by atoms with Gasteiger partial charge >= 0.3 is 0 Å². The van der Waals surface area contributed by atoms with Crippen molar-refractivity contribution >= 4 is 15.9 Å². The van der Waals surface area contributed by atoms with E-state index in [0.717, 1.165) is 17.4 Å². The molecule has 4 heteroatoms. The first-order valence-electron chi connectivity index (χ1n) is 6.60. The first-order valence-corrected chi connectivity index (χ1v) is 7.40. The zero-order valence-electron chi connectivity index (χ0n) is 11.7. The van der Waals surface area contributed by atoms with Gasteiger partial charge in [0.25, 0.3) is 0 Å². The van der Waals surface area contributed by atoms with E-state index in [1.807, 2.05) is 17.9 Å². The number of nitrogens with zero attached hydrogens (tertiary/aromatic N) is 2. The van der Waals surface area contributed by atoms with Crippen LogP contribution in [0.25, 0.3) is 0 Å². The van der Waals surface area contributed by atoms with Gasteiger partial charge in [0.15, 0.2) is 0 Å². The highest BCUT2D eigenvalue weighted by Crippen LogP contribution is 2.28. The van der Waals surface area contributed by atoms with E-state index >= 15 is 0 Å². The molecular weight excluding hydrogens is 302 g/mol. The van der Waals surface area contributed by atoms with E-state index < -0.39 is 0 Å². The van der Waals surface area contributed by atoms with Gasteiger partial charge in [0, 0.05) is 7.05 Å². The van der Waals surface area contributed by atoms with Gasteiger partial charge in [0.05, 0.1) is 22.4 Å². The van der Waals surface area contributed by atoms with Crippen LogP contribution < -0.4 is 5.32 Å². The molecule has 0 radical (unpaired) electrons. The topological polar surface area (TPSA) is 29.9 Å². The predicted octanol–water partition coefficient (Wildman–Crippen LogP) is 3.58. The highest BCUT2D eigenvalue weighted by molar-refractivity contribution is 9.10. The van der Waals surface area contributed by atoms with Crippen LogP contribution in [0.15, 0.2) is 34.9 Å². The second-order valence-electron chi connectivity index (χ2n) is 4.80. The van der Waals surface area contributed by atoms with Crippen LogP contribution in [0.3, 0.4) is 0 Å². The van der Waals surface area contributed by atoms with E-state index in [2.05, 4.69) is 64.5 Å². The third-order valence-corrected chi connectivity index (χ3v) is 3.80. The molecule has 1 unspecified atom stereocenters. The minimum absolute atomic E-state index is 0.168. The summed E-state index contributed by atoms with van der Waals surface area (Å²) in [4.78, 5) is 0. The van der Waals surface area contributed by atoms with E-state index in [4.69, 9.17) is 0 Å². The predicted molar refractivity (Wildman–Crippen MR) is 82.2 cm³/mol. The fraction of sp³-hybridized carbons (Fsp3) is 0.400. The Morgan fingerprint density at radius 3 is 2.79 bits per heavy atom. The summed E-state index contributed by atoms with van der Waals surface area (Å²) in [7, 11) is 1.98. The molecule has 0 fully saturated rings. The van der Waals surface area contributed by atoms with Crippen LogP contribution in [0.2, 0.25) is 0 Å². The summed E-state index contributed by atoms with van der Waals surface area (Å²) in [6.45, 7) is 5.29. The molecule has 0 aliphatic carbocycles. The number of rotatable bonds is 5. The maximum Gasteiger partial charge on any atom is 0.0759 e. The molecule has 0 amide bonds. The molecule has 102 valence electrons. The number of hydrogen-bond donors (Lipinski definition) is 1. The van der Waals surface area contributed by atoms with Crippen molar-refractivity contribution in [3.05, 3.63) is 51.8 Å². The number of nitrogens with one attached hydrogen (secondary N) is 1. The Bertz CT molecular complexity index is 529. The van der Waals surface area contributed by atoms with Gasteiger partial charge in [-0.3, -0.25) is 4.68 Å². The molecule has 1 atom stereocenters. The van der Waals surface area contributed by atoms with Crippen molar-refractivity contribution < 1.29 is 0 Å². The Hall–Kier alpha value is -1.13. The lowest BCUT2D eigenvalue weighted by Crippen LogP contribution is -2.25. The Kier molecular flexibility index (Phi) is 4.77. The van der Waals surface area contributed by atoms with Crippen LogP contribution in [0, 0.1) is 6.92 Å². The molecule has 0 spiro atoms. The highest BCUT2D eigenvalue weighted by atomic mass is 79.9. The van der Waals surface area contributed by atoms with E-state index in [1.54, 1.807) is 0 Å². The first kappa shape index (κ1) is 14.3. The largest absolute Gasteiger partial charge is 0.305 e. The lowest BCUT2D eigenvalue weighted by molar-refractivity contribution is 0.552. The van der Waals surface area contributed by atoms with E-state index in [1.165, 1.54) is 16.8 Å². The molecule has 1 N–H and O–H groups in total. The molecule has 2 rings (SSSR count). The van der Waals surface area contributed by atoms with Gasteiger partial charge in [-0.2, -0.15) is 5.10 Å². The van der Waals surface area contributed by atoms with Crippen molar-refractivity contribution in [3.8, 4) is 0 Å². The lowest BCUT2D eigenvalue weighted by Gasteiger charge is -2.20. The summed E-state index contributed by atoms with van der Waals surface area (Å²) >= 11 is 3.60. The molecule has 1 heterocycles. The second kappa shape index (κ2) is 6.35. The fourth-order valence-electron chi connectivity index (χ4n) is 2.26. The van der Waals surface area contributed by atoms with Crippen molar-refractivity contribution in [2.24, 2.45) is 7.05 Å². The third-order valence-electron chi connectivity index (χ3n) is 3.18. The lowest BCUT2D eigenvalue weighted by atomic mass is 10.0. The summed E-state index contributed by atoms with van der Waals surface area (Å²) < 4.78 is 2.98. The number of halogens is 1. The molecule has 0 saturated heterocycles. The van der Waals surface area contributed by atoms with E-state index in [-0.39, 0.29) is 6.04 Å². The molecule has 0 aliphatic rings. The maximum absolute atomic E-state index is 4.32. The summed E-state index contributed by atoms with van der Waals surface area (Å²) in [5.41, 5.74) is 3.72. The smallest absolute Gasteiger partial charge is 0.0759 e. The van der Waals surface area contributed by atoms with Crippen molar-refractivity contribution in [2.45, 2.75) is 26.3 Å². The molecule has 0 bridgehead atoms. The molecule has 1 aromatic heterocycles. The number of aryl methyl sites for hydroxylation is 2. The van der Waals surface area contributed by atoms with E-state index in [0.29, 0.717) is 0 Å². The number of hydrogen-bond acceptors (Lipinski definition) is 2. The van der Waals surface area contributed by atoms with Crippen LogP contribution in [0.1, 0.15) is 36.2 Å². The van der Waals surface area contributed by atoms with Gasteiger partial charge in [0.2, 0.25) is 0 Å². The van der Waals surface area contributed by atoms with Crippen LogP contribution in [0.4, 0.5) is 0 Å². The Morgan fingerprint density at radius 1 is 1.42 bits per heavy atom. The van der Waals surface area contributed by atoms with Crippen LogP contribution in [-0.4, -0.2) is 16.3 Å². The van der Waals surface area contributed by atoms with Crippen molar-refractivity contribution in [2.75, 3.05) is 6.54 Å². The Morgan fingerprint density at radius 2 is 2.21 bits per heavy atom. The van der Waals surface area contributed by atoms with Gasteiger partial charge in [-0.15, -0.1) is 0 Å². The van der Waals surface area contributed by atoms with Gasteiger partial charge < -0.3 is 5.32 Å². The molecule has 1 aromatic carbocycles. The first-order chi connectivity index (χ1) is 9.13. The van der Waals surface area contributed by atoms with Crippen molar-refractivity contribution in [3.63, 3.8) is 0 Å². The molecule has 19 heavy (non-hydrogen) atoms. The van der Waals surface area contributed by atoms with Gasteiger partial charge in [-0.25, -0.2) is 0 Å². The molecule has 0 saturated carbocycles. The minimum Gasteiger partial charge on any atom is -0.305 e. The normalized spacial score (nSPS) is 12.6. The fourth-order valence-corrected chi connectivity index (χ4v) is 2.83. The Labute approximate surface area is 123 Å². The third kappa shape index (κ3) is 3.25. The monoisotopic (exact) mass is 321 g/mol. The average Bonchev–Trinajstić information content (AvgIpc) is 2.71. The second-order valence-corrected chi connectivity index (χ2v) is 5.66. The van der Waals surface area contributed by atoms with Crippen LogP contribution in [-0.2, 0) is 7.05 Å².